The first kappa shape index (κ1) is 11.4. The van der Waals surface area contributed by atoms with Crippen LogP contribution in [0.5, 0.6) is 0 Å². The Kier molecular flexibility index (Phi) is 3.15. The number of hydrogen-bond donors (Lipinski definition) is 0. The van der Waals surface area contributed by atoms with E-state index in [1.807, 2.05) is 6.20 Å². The molecular formula is C13H15BrN2. The second-order valence-corrected chi connectivity index (χ2v) is 5.05. The van der Waals surface area contributed by atoms with Crippen LogP contribution in [-0.4, -0.2) is 9.55 Å². The summed E-state index contributed by atoms with van der Waals surface area (Å²) in [5.74, 6) is 1.02. The maximum atomic E-state index is 4.46. The summed E-state index contributed by atoms with van der Waals surface area (Å²) in [5, 5.41) is 0. The van der Waals surface area contributed by atoms with Crippen molar-refractivity contribution in [2.75, 3.05) is 0 Å². The molecule has 0 N–H and O–H groups in total. The fourth-order valence-corrected chi connectivity index (χ4v) is 2.51. The number of aromatic nitrogens is 2. The Bertz CT molecular complexity index is 500. The lowest BCUT2D eigenvalue weighted by Crippen LogP contribution is -2.03. The number of hydrogen-bond acceptors (Lipinski definition) is 1. The molecule has 3 heteroatoms. The molecule has 0 radical (unpaired) electrons. The number of halogens is 1. The van der Waals surface area contributed by atoms with E-state index < -0.39 is 0 Å². The van der Waals surface area contributed by atoms with Gasteiger partial charge in [-0.05, 0) is 42.8 Å². The average Bonchev–Trinajstić information content (AvgIpc) is 2.60. The van der Waals surface area contributed by atoms with Gasteiger partial charge in [-0.15, -0.1) is 0 Å². The zero-order valence-electron chi connectivity index (χ0n) is 9.74. The van der Waals surface area contributed by atoms with Crippen molar-refractivity contribution < 1.29 is 0 Å². The molecule has 0 spiro atoms. The Hall–Kier alpha value is -1.09. The van der Waals surface area contributed by atoms with Crippen molar-refractivity contribution in [2.45, 2.75) is 26.8 Å². The largest absolute Gasteiger partial charge is 0.316 e. The first-order chi connectivity index (χ1) is 7.59. The summed E-state index contributed by atoms with van der Waals surface area (Å²) in [7, 11) is 0. The predicted molar refractivity (Wildman–Crippen MR) is 70.5 cm³/mol. The summed E-state index contributed by atoms with van der Waals surface area (Å²) in [5.41, 5.74) is 2.42. The van der Waals surface area contributed by atoms with E-state index in [0.717, 1.165) is 10.4 Å². The summed E-state index contributed by atoms with van der Waals surface area (Å²) >= 11 is 3.53. The summed E-state index contributed by atoms with van der Waals surface area (Å²) < 4.78 is 3.22. The van der Waals surface area contributed by atoms with Gasteiger partial charge in [0.15, 0.2) is 0 Å². The van der Waals surface area contributed by atoms with E-state index in [-0.39, 0.29) is 0 Å². The second kappa shape index (κ2) is 4.42. The number of aryl methyl sites for hydroxylation is 1. The average molecular weight is 279 g/mol. The highest BCUT2D eigenvalue weighted by molar-refractivity contribution is 9.10. The van der Waals surface area contributed by atoms with Crippen LogP contribution >= 0.6 is 15.9 Å². The molecule has 16 heavy (non-hydrogen) atoms. The van der Waals surface area contributed by atoms with Gasteiger partial charge in [0.1, 0.15) is 10.4 Å². The number of imidazole rings is 1. The molecule has 0 aliphatic carbocycles. The molecule has 0 saturated carbocycles. The van der Waals surface area contributed by atoms with Gasteiger partial charge in [-0.2, -0.15) is 0 Å². The lowest BCUT2D eigenvalue weighted by atomic mass is 10.1. The Balaban J connectivity index is 2.56. The first-order valence-corrected chi connectivity index (χ1v) is 6.18. The number of rotatable bonds is 2. The van der Waals surface area contributed by atoms with E-state index in [9.17, 15) is 0 Å². The molecule has 2 aromatic rings. The first-order valence-electron chi connectivity index (χ1n) is 5.39. The standard InChI is InChI=1S/C13H15BrN2/c1-9(2)16-12(14)8-15-13(16)11-6-4-5-10(3)7-11/h4-9H,1-3H3. The summed E-state index contributed by atoms with van der Waals surface area (Å²) in [4.78, 5) is 4.46. The van der Waals surface area contributed by atoms with Gasteiger partial charge in [-0.1, -0.05) is 23.8 Å². The van der Waals surface area contributed by atoms with Crippen molar-refractivity contribution in [1.29, 1.82) is 0 Å². The summed E-state index contributed by atoms with van der Waals surface area (Å²) in [6.07, 6.45) is 1.86. The van der Waals surface area contributed by atoms with Crippen LogP contribution in [0.15, 0.2) is 35.1 Å². The molecule has 1 heterocycles. The van der Waals surface area contributed by atoms with Crippen LogP contribution in [-0.2, 0) is 0 Å². The molecule has 0 amide bonds. The van der Waals surface area contributed by atoms with Gasteiger partial charge in [0, 0.05) is 11.6 Å². The van der Waals surface area contributed by atoms with E-state index in [0.29, 0.717) is 6.04 Å². The number of nitrogens with zero attached hydrogens (tertiary/aromatic N) is 2. The molecule has 0 unspecified atom stereocenters. The van der Waals surface area contributed by atoms with Crippen LogP contribution in [0, 0.1) is 6.92 Å². The molecule has 1 aromatic carbocycles. The van der Waals surface area contributed by atoms with Crippen molar-refractivity contribution in [2.24, 2.45) is 0 Å². The smallest absolute Gasteiger partial charge is 0.141 e. The van der Waals surface area contributed by atoms with Crippen LogP contribution in [0.25, 0.3) is 11.4 Å². The van der Waals surface area contributed by atoms with Crippen LogP contribution < -0.4 is 0 Å². The van der Waals surface area contributed by atoms with Crippen LogP contribution in [0.3, 0.4) is 0 Å². The van der Waals surface area contributed by atoms with Gasteiger partial charge in [0.2, 0.25) is 0 Å². The minimum Gasteiger partial charge on any atom is -0.316 e. The maximum absolute atomic E-state index is 4.46. The lowest BCUT2D eigenvalue weighted by Gasteiger charge is -2.13. The quantitative estimate of drug-likeness (QED) is 0.805. The van der Waals surface area contributed by atoms with Crippen molar-refractivity contribution in [3.05, 3.63) is 40.6 Å². The van der Waals surface area contributed by atoms with Gasteiger partial charge in [-0.25, -0.2) is 4.98 Å². The van der Waals surface area contributed by atoms with E-state index in [4.69, 9.17) is 0 Å². The number of benzene rings is 1. The Morgan fingerprint density at radius 3 is 2.69 bits per heavy atom. The van der Waals surface area contributed by atoms with Gasteiger partial charge in [0.25, 0.3) is 0 Å². The van der Waals surface area contributed by atoms with E-state index >= 15 is 0 Å². The van der Waals surface area contributed by atoms with Gasteiger partial charge in [0.05, 0.1) is 6.20 Å². The predicted octanol–water partition coefficient (Wildman–Crippen LogP) is 4.20. The van der Waals surface area contributed by atoms with Gasteiger partial charge >= 0.3 is 0 Å². The van der Waals surface area contributed by atoms with Gasteiger partial charge < -0.3 is 4.57 Å². The van der Waals surface area contributed by atoms with E-state index in [1.165, 1.54) is 11.1 Å². The molecule has 0 atom stereocenters. The lowest BCUT2D eigenvalue weighted by molar-refractivity contribution is 0.596. The van der Waals surface area contributed by atoms with Crippen molar-refractivity contribution in [1.82, 2.24) is 9.55 Å². The third-order valence-corrected chi connectivity index (χ3v) is 3.13. The molecule has 84 valence electrons. The second-order valence-electron chi connectivity index (χ2n) is 4.24. The van der Waals surface area contributed by atoms with E-state index in [1.54, 1.807) is 0 Å². The molecule has 0 saturated heterocycles. The minimum atomic E-state index is 0.396. The zero-order valence-corrected chi connectivity index (χ0v) is 11.3. The Labute approximate surface area is 104 Å². The van der Waals surface area contributed by atoms with Crippen molar-refractivity contribution in [3.8, 4) is 11.4 Å². The molecule has 2 rings (SSSR count). The molecule has 0 aliphatic rings. The SMILES string of the molecule is Cc1cccc(-c2ncc(Br)n2C(C)C)c1. The van der Waals surface area contributed by atoms with Crippen LogP contribution in [0.4, 0.5) is 0 Å². The topological polar surface area (TPSA) is 17.8 Å². The summed E-state index contributed by atoms with van der Waals surface area (Å²) in [6, 6.07) is 8.82. The molecule has 0 aliphatic heterocycles. The van der Waals surface area contributed by atoms with E-state index in [2.05, 4.69) is 70.5 Å². The minimum absolute atomic E-state index is 0.396. The Morgan fingerprint density at radius 1 is 1.31 bits per heavy atom. The van der Waals surface area contributed by atoms with Gasteiger partial charge in [-0.3, -0.25) is 0 Å². The van der Waals surface area contributed by atoms with Crippen molar-refractivity contribution in [3.63, 3.8) is 0 Å². The highest BCUT2D eigenvalue weighted by Gasteiger charge is 2.12. The monoisotopic (exact) mass is 278 g/mol. The molecule has 0 fully saturated rings. The zero-order chi connectivity index (χ0) is 11.7. The van der Waals surface area contributed by atoms with Crippen molar-refractivity contribution >= 4 is 15.9 Å². The fourth-order valence-electron chi connectivity index (χ4n) is 1.83. The third-order valence-electron chi connectivity index (χ3n) is 2.54. The Morgan fingerprint density at radius 2 is 2.06 bits per heavy atom. The molecule has 2 nitrogen and oxygen atoms in total. The normalized spacial score (nSPS) is 11.1. The molecule has 0 bridgehead atoms. The molecular weight excluding hydrogens is 264 g/mol. The summed E-state index contributed by atoms with van der Waals surface area (Å²) in [6.45, 7) is 6.42. The van der Waals surface area contributed by atoms with Crippen LogP contribution in [0.2, 0.25) is 0 Å². The highest BCUT2D eigenvalue weighted by Crippen LogP contribution is 2.26. The fraction of sp³-hybridized carbons (Fsp3) is 0.308. The maximum Gasteiger partial charge on any atom is 0.141 e. The highest BCUT2D eigenvalue weighted by atomic mass is 79.9. The molecule has 1 aromatic heterocycles. The van der Waals surface area contributed by atoms with Crippen LogP contribution in [0.1, 0.15) is 25.5 Å². The third kappa shape index (κ3) is 2.05.